The largest absolute Gasteiger partial charge is 0.378 e. The normalized spacial score (nSPS) is 30.0. The highest BCUT2D eigenvalue weighted by Gasteiger charge is 2.51. The van der Waals surface area contributed by atoms with Gasteiger partial charge in [-0.25, -0.2) is 0 Å². The highest BCUT2D eigenvalue weighted by Crippen LogP contribution is 2.46. The fourth-order valence-electron chi connectivity index (χ4n) is 3.19. The van der Waals surface area contributed by atoms with Gasteiger partial charge in [-0.3, -0.25) is 0 Å². The monoisotopic (exact) mass is 329 g/mol. The summed E-state index contributed by atoms with van der Waals surface area (Å²) in [5, 5.41) is 4.94. The van der Waals surface area contributed by atoms with Crippen molar-refractivity contribution in [1.82, 2.24) is 5.32 Å². The van der Waals surface area contributed by atoms with E-state index in [1.165, 1.54) is 5.56 Å². The summed E-state index contributed by atoms with van der Waals surface area (Å²) < 4.78 is 5.86. The van der Waals surface area contributed by atoms with E-state index in [0.29, 0.717) is 22.2 Å². The van der Waals surface area contributed by atoms with Crippen LogP contribution in [0, 0.1) is 5.41 Å². The molecule has 1 fully saturated rings. The van der Waals surface area contributed by atoms with Crippen molar-refractivity contribution >= 4 is 23.2 Å². The highest BCUT2D eigenvalue weighted by atomic mass is 35.5. The van der Waals surface area contributed by atoms with Crippen molar-refractivity contribution in [2.24, 2.45) is 5.41 Å². The maximum atomic E-state index is 6.11. The van der Waals surface area contributed by atoms with Crippen LogP contribution in [0.5, 0.6) is 0 Å². The zero-order chi connectivity index (χ0) is 15.6. The van der Waals surface area contributed by atoms with Gasteiger partial charge >= 0.3 is 0 Å². The predicted octanol–water partition coefficient (Wildman–Crippen LogP) is 5.24. The van der Waals surface area contributed by atoms with Gasteiger partial charge in [0, 0.05) is 24.1 Å². The Labute approximate surface area is 138 Å². The van der Waals surface area contributed by atoms with Crippen molar-refractivity contribution in [1.29, 1.82) is 0 Å². The molecule has 0 heterocycles. The maximum Gasteiger partial charge on any atom is 0.0658 e. The van der Waals surface area contributed by atoms with Crippen LogP contribution < -0.4 is 5.32 Å². The van der Waals surface area contributed by atoms with E-state index in [2.05, 4.69) is 33.0 Å². The van der Waals surface area contributed by atoms with Gasteiger partial charge in [0.1, 0.15) is 0 Å². The van der Waals surface area contributed by atoms with E-state index in [1.54, 1.807) is 0 Å². The molecule has 4 atom stereocenters. The third-order valence-corrected chi connectivity index (χ3v) is 5.74. The molecule has 0 amide bonds. The first-order valence-corrected chi connectivity index (χ1v) is 8.50. The van der Waals surface area contributed by atoms with Gasteiger partial charge in [0.25, 0.3) is 0 Å². The van der Waals surface area contributed by atoms with E-state index in [-0.39, 0.29) is 11.5 Å². The quantitative estimate of drug-likeness (QED) is 0.770. The van der Waals surface area contributed by atoms with Gasteiger partial charge in [-0.05, 0) is 44.4 Å². The fraction of sp³-hybridized carbons (Fsp3) is 0.647. The van der Waals surface area contributed by atoms with E-state index >= 15 is 0 Å². The Morgan fingerprint density at radius 2 is 2.05 bits per heavy atom. The lowest BCUT2D eigenvalue weighted by molar-refractivity contribution is -0.127. The molecular weight excluding hydrogens is 305 g/mol. The fourth-order valence-corrected chi connectivity index (χ4v) is 3.49. The molecule has 1 aliphatic rings. The van der Waals surface area contributed by atoms with E-state index in [0.717, 1.165) is 19.4 Å². The van der Waals surface area contributed by atoms with Crippen molar-refractivity contribution in [2.75, 3.05) is 6.61 Å². The number of nitrogens with one attached hydrogen (secondary N) is 1. The third kappa shape index (κ3) is 3.39. The molecule has 4 unspecified atom stereocenters. The molecule has 1 aliphatic carbocycles. The molecule has 1 N–H and O–H groups in total. The Morgan fingerprint density at radius 1 is 1.33 bits per heavy atom. The second kappa shape index (κ2) is 6.87. The molecule has 2 rings (SSSR count). The maximum absolute atomic E-state index is 6.11. The molecule has 0 saturated heterocycles. The van der Waals surface area contributed by atoms with Crippen molar-refractivity contribution < 1.29 is 4.74 Å². The van der Waals surface area contributed by atoms with Gasteiger partial charge < -0.3 is 10.1 Å². The molecule has 0 spiro atoms. The SMILES string of the molecule is CCOC1CC(NC(C)c2ccc(Cl)c(Cl)c2)C1(C)CC. The summed E-state index contributed by atoms with van der Waals surface area (Å²) in [5.74, 6) is 0. The van der Waals surface area contributed by atoms with Crippen LogP contribution in [0.1, 0.15) is 52.1 Å². The van der Waals surface area contributed by atoms with Crippen LogP contribution in [-0.2, 0) is 4.74 Å². The summed E-state index contributed by atoms with van der Waals surface area (Å²) in [5.41, 5.74) is 1.38. The predicted molar refractivity (Wildman–Crippen MR) is 90.2 cm³/mol. The van der Waals surface area contributed by atoms with Crippen LogP contribution in [0.4, 0.5) is 0 Å². The Kier molecular flexibility index (Phi) is 5.59. The number of ether oxygens (including phenoxy) is 1. The summed E-state index contributed by atoms with van der Waals surface area (Å²) in [6.07, 6.45) is 2.55. The minimum atomic E-state index is 0.209. The summed E-state index contributed by atoms with van der Waals surface area (Å²) in [4.78, 5) is 0. The molecule has 0 bridgehead atoms. The van der Waals surface area contributed by atoms with Crippen LogP contribution in [0.15, 0.2) is 18.2 Å². The zero-order valence-electron chi connectivity index (χ0n) is 13.2. The Morgan fingerprint density at radius 3 is 2.62 bits per heavy atom. The van der Waals surface area contributed by atoms with Crippen molar-refractivity contribution in [3.63, 3.8) is 0 Å². The summed E-state index contributed by atoms with van der Waals surface area (Å²) >= 11 is 12.1. The van der Waals surface area contributed by atoms with Gasteiger partial charge in [0.2, 0.25) is 0 Å². The standard InChI is InChI=1S/C17H25Cl2NO/c1-5-17(4)15(10-16(17)21-6-2)20-11(3)12-7-8-13(18)14(19)9-12/h7-9,11,15-16,20H,5-6,10H2,1-4H3. The second-order valence-corrected chi connectivity index (χ2v) is 6.97. The van der Waals surface area contributed by atoms with E-state index < -0.39 is 0 Å². The van der Waals surface area contributed by atoms with Crippen molar-refractivity contribution in [3.8, 4) is 0 Å². The van der Waals surface area contributed by atoms with Crippen LogP contribution in [0.3, 0.4) is 0 Å². The molecular formula is C17H25Cl2NO. The van der Waals surface area contributed by atoms with Gasteiger partial charge in [0.15, 0.2) is 0 Å². The van der Waals surface area contributed by atoms with Crippen molar-refractivity contribution in [3.05, 3.63) is 33.8 Å². The van der Waals surface area contributed by atoms with Gasteiger partial charge in [-0.15, -0.1) is 0 Å². The topological polar surface area (TPSA) is 21.3 Å². The third-order valence-electron chi connectivity index (χ3n) is 5.01. The first-order chi connectivity index (χ1) is 9.92. The number of hydrogen-bond donors (Lipinski definition) is 1. The molecule has 21 heavy (non-hydrogen) atoms. The van der Waals surface area contributed by atoms with Gasteiger partial charge in [0.05, 0.1) is 16.1 Å². The molecule has 118 valence electrons. The molecule has 4 heteroatoms. The molecule has 1 aromatic rings. The lowest BCUT2D eigenvalue weighted by Gasteiger charge is -2.54. The van der Waals surface area contributed by atoms with Crippen LogP contribution in [0.25, 0.3) is 0 Å². The molecule has 1 aromatic carbocycles. The first-order valence-electron chi connectivity index (χ1n) is 7.75. The Bertz CT molecular complexity index is 494. The zero-order valence-corrected chi connectivity index (χ0v) is 14.8. The van der Waals surface area contributed by atoms with E-state index in [9.17, 15) is 0 Å². The summed E-state index contributed by atoms with van der Waals surface area (Å²) in [7, 11) is 0. The average Bonchev–Trinajstić information content (AvgIpc) is 2.47. The van der Waals surface area contributed by atoms with E-state index in [4.69, 9.17) is 27.9 Å². The van der Waals surface area contributed by atoms with Crippen molar-refractivity contribution in [2.45, 2.75) is 58.7 Å². The molecule has 0 aromatic heterocycles. The smallest absolute Gasteiger partial charge is 0.0658 e. The minimum absolute atomic E-state index is 0.209. The molecule has 0 aliphatic heterocycles. The summed E-state index contributed by atoms with van der Waals surface area (Å²) in [6, 6.07) is 6.57. The van der Waals surface area contributed by atoms with Crippen LogP contribution in [0.2, 0.25) is 10.0 Å². The van der Waals surface area contributed by atoms with Gasteiger partial charge in [-0.2, -0.15) is 0 Å². The molecule has 0 radical (unpaired) electrons. The van der Waals surface area contributed by atoms with Gasteiger partial charge in [-0.1, -0.05) is 43.1 Å². The first kappa shape index (κ1) is 17.1. The molecule has 1 saturated carbocycles. The lowest BCUT2D eigenvalue weighted by atomic mass is 9.61. The number of hydrogen-bond acceptors (Lipinski definition) is 2. The summed E-state index contributed by atoms with van der Waals surface area (Å²) in [6.45, 7) is 9.58. The average molecular weight is 330 g/mol. The minimum Gasteiger partial charge on any atom is -0.378 e. The second-order valence-electron chi connectivity index (χ2n) is 6.15. The highest BCUT2D eigenvalue weighted by molar-refractivity contribution is 6.42. The number of benzene rings is 1. The number of halogens is 2. The van der Waals surface area contributed by atoms with Crippen LogP contribution in [-0.4, -0.2) is 18.8 Å². The Hall–Kier alpha value is -0.280. The van der Waals surface area contributed by atoms with E-state index in [1.807, 2.05) is 18.2 Å². The van der Waals surface area contributed by atoms with Crippen LogP contribution >= 0.6 is 23.2 Å². The molecule has 2 nitrogen and oxygen atoms in total. The number of rotatable bonds is 6. The Balaban J connectivity index is 2.03. The lowest BCUT2D eigenvalue weighted by Crippen LogP contribution is -2.62.